The molecule has 0 unspecified atom stereocenters. The molecule has 3 aromatic rings. The number of hydrogen-bond donors (Lipinski definition) is 0. The Hall–Kier alpha value is -2.76. The van der Waals surface area contributed by atoms with E-state index in [0.29, 0.717) is 11.7 Å². The van der Waals surface area contributed by atoms with Crippen molar-refractivity contribution < 1.29 is 4.52 Å². The molecule has 3 heterocycles. The second kappa shape index (κ2) is 5.46. The average Bonchev–Trinajstić information content (AvgIpc) is 3.00. The number of anilines is 1. The van der Waals surface area contributed by atoms with Crippen molar-refractivity contribution in [3.05, 3.63) is 53.8 Å². The number of benzene rings is 1. The van der Waals surface area contributed by atoms with Crippen molar-refractivity contribution in [2.24, 2.45) is 0 Å². The molecule has 1 saturated heterocycles. The van der Waals surface area contributed by atoms with Crippen molar-refractivity contribution in [3.63, 3.8) is 0 Å². The highest BCUT2D eigenvalue weighted by Gasteiger charge is 2.34. The minimum absolute atomic E-state index is 0.252. The summed E-state index contributed by atoms with van der Waals surface area (Å²) in [5, 5.41) is 4.09. The Morgan fingerprint density at radius 1 is 1.09 bits per heavy atom. The van der Waals surface area contributed by atoms with E-state index >= 15 is 0 Å². The zero-order valence-corrected chi connectivity index (χ0v) is 13.1. The first kappa shape index (κ1) is 13.9. The van der Waals surface area contributed by atoms with Gasteiger partial charge in [0.25, 0.3) is 0 Å². The van der Waals surface area contributed by atoms with Gasteiger partial charge in [0.2, 0.25) is 11.7 Å². The summed E-state index contributed by atoms with van der Waals surface area (Å²) in [6.07, 6.45) is 1.79. The summed E-state index contributed by atoms with van der Waals surface area (Å²) in [6.45, 7) is 5.59. The lowest BCUT2D eigenvalue weighted by Gasteiger charge is -2.38. The maximum absolute atomic E-state index is 5.44. The van der Waals surface area contributed by atoms with Crippen LogP contribution in [0.15, 0.2) is 41.1 Å². The van der Waals surface area contributed by atoms with E-state index in [9.17, 15) is 0 Å². The average molecular weight is 307 g/mol. The molecule has 6 nitrogen and oxygen atoms in total. The van der Waals surface area contributed by atoms with E-state index in [0.717, 1.165) is 35.9 Å². The molecule has 1 aromatic carbocycles. The lowest BCUT2D eigenvalue weighted by molar-refractivity contribution is 0.328. The Bertz CT molecular complexity index is 824. The van der Waals surface area contributed by atoms with E-state index in [1.807, 2.05) is 44.2 Å². The van der Waals surface area contributed by atoms with Crippen LogP contribution in [0, 0.1) is 13.8 Å². The first-order valence-electron chi connectivity index (χ1n) is 7.65. The van der Waals surface area contributed by atoms with Crippen LogP contribution in [-0.4, -0.2) is 33.2 Å². The van der Waals surface area contributed by atoms with E-state index in [4.69, 9.17) is 4.52 Å². The Morgan fingerprint density at radius 2 is 1.87 bits per heavy atom. The number of hydrogen-bond acceptors (Lipinski definition) is 6. The monoisotopic (exact) mass is 307 g/mol. The van der Waals surface area contributed by atoms with Gasteiger partial charge in [-0.25, -0.2) is 4.98 Å². The summed E-state index contributed by atoms with van der Waals surface area (Å²) >= 11 is 0. The zero-order valence-electron chi connectivity index (χ0n) is 13.1. The quantitative estimate of drug-likeness (QED) is 0.741. The predicted octanol–water partition coefficient (Wildman–Crippen LogP) is 2.75. The summed E-state index contributed by atoms with van der Waals surface area (Å²) in [4.78, 5) is 15.7. The van der Waals surface area contributed by atoms with Crippen LogP contribution in [0.1, 0.15) is 23.2 Å². The van der Waals surface area contributed by atoms with Gasteiger partial charge in [-0.1, -0.05) is 35.5 Å². The second-order valence-electron chi connectivity index (χ2n) is 5.84. The van der Waals surface area contributed by atoms with E-state index in [1.165, 1.54) is 0 Å². The van der Waals surface area contributed by atoms with E-state index in [-0.39, 0.29) is 5.92 Å². The second-order valence-corrected chi connectivity index (χ2v) is 5.84. The Kier molecular flexibility index (Phi) is 3.29. The number of rotatable bonds is 3. The predicted molar refractivity (Wildman–Crippen MR) is 86.2 cm³/mol. The van der Waals surface area contributed by atoms with Crippen LogP contribution < -0.4 is 4.90 Å². The summed E-state index contributed by atoms with van der Waals surface area (Å²) in [5.74, 6) is 2.54. The third kappa shape index (κ3) is 2.56. The number of aromatic nitrogens is 4. The fraction of sp³-hybridized carbons (Fsp3) is 0.294. The van der Waals surface area contributed by atoms with Gasteiger partial charge in [-0.3, -0.25) is 4.98 Å². The maximum Gasteiger partial charge on any atom is 0.233 e. The number of aryl methyl sites for hydroxylation is 2. The van der Waals surface area contributed by atoms with Crippen LogP contribution in [0.3, 0.4) is 0 Å². The molecule has 0 amide bonds. The molecule has 0 radical (unpaired) electrons. The van der Waals surface area contributed by atoms with Crippen LogP contribution in [0.4, 0.5) is 5.82 Å². The van der Waals surface area contributed by atoms with Gasteiger partial charge in [0.1, 0.15) is 5.82 Å². The maximum atomic E-state index is 5.44. The standard InChI is InChI=1S/C17H17N5O/c1-11-8-18-12(2)16(19-11)22-9-14(10-22)17-20-15(21-23-17)13-6-4-3-5-7-13/h3-8,14H,9-10H2,1-2H3. The Balaban J connectivity index is 1.48. The minimum atomic E-state index is 0.252. The molecule has 1 fully saturated rings. The Morgan fingerprint density at radius 3 is 2.65 bits per heavy atom. The topological polar surface area (TPSA) is 67.9 Å². The van der Waals surface area contributed by atoms with Crippen molar-refractivity contribution in [3.8, 4) is 11.4 Å². The van der Waals surface area contributed by atoms with E-state index in [1.54, 1.807) is 6.20 Å². The highest BCUT2D eigenvalue weighted by molar-refractivity contribution is 5.54. The smallest absolute Gasteiger partial charge is 0.233 e. The van der Waals surface area contributed by atoms with Crippen LogP contribution >= 0.6 is 0 Å². The van der Waals surface area contributed by atoms with Gasteiger partial charge in [0.15, 0.2) is 0 Å². The highest BCUT2D eigenvalue weighted by Crippen LogP contribution is 2.31. The molecular formula is C17H17N5O. The molecular weight excluding hydrogens is 290 g/mol. The van der Waals surface area contributed by atoms with Crippen LogP contribution in [0.25, 0.3) is 11.4 Å². The van der Waals surface area contributed by atoms with Crippen LogP contribution in [0.2, 0.25) is 0 Å². The molecule has 2 aromatic heterocycles. The normalized spacial score (nSPS) is 14.8. The van der Waals surface area contributed by atoms with Gasteiger partial charge in [0.05, 0.1) is 17.3 Å². The molecule has 0 aliphatic carbocycles. The van der Waals surface area contributed by atoms with Crippen LogP contribution in [0.5, 0.6) is 0 Å². The van der Waals surface area contributed by atoms with E-state index in [2.05, 4.69) is 25.0 Å². The molecule has 116 valence electrons. The summed E-state index contributed by atoms with van der Waals surface area (Å²) in [6, 6.07) is 9.87. The van der Waals surface area contributed by atoms with Crippen molar-refractivity contribution in [1.29, 1.82) is 0 Å². The van der Waals surface area contributed by atoms with Gasteiger partial charge in [-0.05, 0) is 13.8 Å². The fourth-order valence-corrected chi connectivity index (χ4v) is 2.74. The van der Waals surface area contributed by atoms with Crippen molar-refractivity contribution in [1.82, 2.24) is 20.1 Å². The molecule has 0 saturated carbocycles. The SMILES string of the molecule is Cc1cnc(C)c(N2CC(c3nc(-c4ccccc4)no3)C2)n1. The number of nitrogens with zero attached hydrogens (tertiary/aromatic N) is 5. The van der Waals surface area contributed by atoms with Gasteiger partial charge in [0, 0.05) is 24.8 Å². The van der Waals surface area contributed by atoms with Crippen molar-refractivity contribution in [2.45, 2.75) is 19.8 Å². The molecule has 1 aliphatic rings. The first-order chi connectivity index (χ1) is 11.2. The molecule has 4 rings (SSSR count). The molecule has 6 heteroatoms. The lowest BCUT2D eigenvalue weighted by atomic mass is 10.00. The van der Waals surface area contributed by atoms with Gasteiger partial charge in [-0.15, -0.1) is 0 Å². The third-order valence-corrected chi connectivity index (χ3v) is 4.05. The minimum Gasteiger partial charge on any atom is -0.353 e. The molecule has 0 N–H and O–H groups in total. The van der Waals surface area contributed by atoms with Crippen molar-refractivity contribution in [2.75, 3.05) is 18.0 Å². The fourth-order valence-electron chi connectivity index (χ4n) is 2.74. The molecule has 0 spiro atoms. The van der Waals surface area contributed by atoms with Gasteiger partial charge in [-0.2, -0.15) is 4.98 Å². The molecule has 0 atom stereocenters. The largest absolute Gasteiger partial charge is 0.353 e. The third-order valence-electron chi connectivity index (χ3n) is 4.05. The summed E-state index contributed by atoms with van der Waals surface area (Å²) in [5.41, 5.74) is 2.85. The van der Waals surface area contributed by atoms with E-state index < -0.39 is 0 Å². The Labute approximate surface area is 134 Å². The lowest BCUT2D eigenvalue weighted by Crippen LogP contribution is -2.46. The summed E-state index contributed by atoms with van der Waals surface area (Å²) in [7, 11) is 0. The molecule has 0 bridgehead atoms. The highest BCUT2D eigenvalue weighted by atomic mass is 16.5. The van der Waals surface area contributed by atoms with Gasteiger partial charge < -0.3 is 9.42 Å². The van der Waals surface area contributed by atoms with Crippen molar-refractivity contribution >= 4 is 5.82 Å². The van der Waals surface area contributed by atoms with Gasteiger partial charge >= 0.3 is 0 Å². The van der Waals surface area contributed by atoms with Crippen LogP contribution in [-0.2, 0) is 0 Å². The zero-order chi connectivity index (χ0) is 15.8. The first-order valence-corrected chi connectivity index (χ1v) is 7.65. The molecule has 1 aliphatic heterocycles. The molecule has 23 heavy (non-hydrogen) atoms. The summed E-state index contributed by atoms with van der Waals surface area (Å²) < 4.78 is 5.44.